The number of sulfonamides is 1. The van der Waals surface area contributed by atoms with Crippen LogP contribution in [0.4, 0.5) is 0 Å². The monoisotopic (exact) mass is 377 g/mol. The Morgan fingerprint density at radius 3 is 2.26 bits per heavy atom. The summed E-state index contributed by atoms with van der Waals surface area (Å²) < 4.78 is 23.0. The minimum absolute atomic E-state index is 0.0244. The highest BCUT2D eigenvalue weighted by Gasteiger charge is 2.30. The molecular formula is C21H15NO4S. The molecule has 0 saturated heterocycles. The molecule has 0 aliphatic heterocycles. The number of carbonyl (C=O) groups is 2. The molecule has 0 unspecified atom stereocenters. The Hall–Kier alpha value is -3.09. The molecule has 0 aromatic heterocycles. The van der Waals surface area contributed by atoms with Crippen molar-refractivity contribution >= 4 is 21.6 Å². The third-order valence-electron chi connectivity index (χ3n) is 4.65. The fourth-order valence-electron chi connectivity index (χ4n) is 3.42. The third kappa shape index (κ3) is 2.99. The van der Waals surface area contributed by atoms with Crippen LogP contribution in [0.2, 0.25) is 0 Å². The van der Waals surface area contributed by atoms with Crippen LogP contribution in [-0.2, 0) is 16.4 Å². The van der Waals surface area contributed by atoms with Gasteiger partial charge in [-0.25, -0.2) is 13.6 Å². The van der Waals surface area contributed by atoms with Gasteiger partial charge in [0.25, 0.3) is 0 Å². The summed E-state index contributed by atoms with van der Waals surface area (Å²) in [6.45, 7) is 0. The van der Waals surface area contributed by atoms with Crippen molar-refractivity contribution in [2.75, 3.05) is 0 Å². The summed E-state index contributed by atoms with van der Waals surface area (Å²) in [4.78, 5) is 25.7. The molecule has 0 fully saturated rings. The molecule has 1 aliphatic carbocycles. The van der Waals surface area contributed by atoms with E-state index in [2.05, 4.69) is 0 Å². The summed E-state index contributed by atoms with van der Waals surface area (Å²) in [6.07, 6.45) is -0.0244. The van der Waals surface area contributed by atoms with Gasteiger partial charge in [-0.3, -0.25) is 9.59 Å². The van der Waals surface area contributed by atoms with E-state index in [0.29, 0.717) is 22.3 Å². The van der Waals surface area contributed by atoms with Gasteiger partial charge in [0.2, 0.25) is 10.0 Å². The Balaban J connectivity index is 1.73. The molecule has 1 aliphatic rings. The second-order valence-electron chi connectivity index (χ2n) is 6.40. The molecule has 134 valence electrons. The highest BCUT2D eigenvalue weighted by atomic mass is 32.2. The number of fused-ring (bicyclic) bond motifs is 3. The average Bonchev–Trinajstić information content (AvgIpc) is 2.94. The summed E-state index contributed by atoms with van der Waals surface area (Å²) in [5.41, 5.74) is 3.43. The lowest BCUT2D eigenvalue weighted by Crippen LogP contribution is -2.13. The fraction of sp³-hybridized carbons (Fsp3) is 0.0476. The van der Waals surface area contributed by atoms with Gasteiger partial charge in [-0.1, -0.05) is 54.6 Å². The number of rotatable bonds is 4. The molecule has 4 rings (SSSR count). The largest absolute Gasteiger partial charge is 0.294 e. The first-order chi connectivity index (χ1) is 12.9. The Kier molecular flexibility index (Phi) is 4.02. The maximum atomic E-state index is 12.9. The molecule has 0 heterocycles. The molecule has 5 nitrogen and oxygen atoms in total. The van der Waals surface area contributed by atoms with Gasteiger partial charge in [0.1, 0.15) is 0 Å². The van der Waals surface area contributed by atoms with Crippen molar-refractivity contribution in [3.8, 4) is 11.1 Å². The van der Waals surface area contributed by atoms with Gasteiger partial charge >= 0.3 is 0 Å². The van der Waals surface area contributed by atoms with Crippen LogP contribution in [0.5, 0.6) is 0 Å². The van der Waals surface area contributed by atoms with E-state index < -0.39 is 10.0 Å². The zero-order chi connectivity index (χ0) is 19.2. The molecule has 27 heavy (non-hydrogen) atoms. The SMILES string of the molecule is NS(=O)(=O)c1cccc(CC(=O)c2cccc3c2C(=O)c2ccccc2-3)c1. The zero-order valence-corrected chi connectivity index (χ0v) is 15.0. The van der Waals surface area contributed by atoms with E-state index in [-0.39, 0.29) is 22.9 Å². The average molecular weight is 377 g/mol. The highest BCUT2D eigenvalue weighted by molar-refractivity contribution is 7.89. The number of nitrogens with two attached hydrogens (primary N) is 1. The quantitative estimate of drug-likeness (QED) is 0.553. The van der Waals surface area contributed by atoms with E-state index >= 15 is 0 Å². The minimum atomic E-state index is -3.85. The van der Waals surface area contributed by atoms with E-state index in [1.807, 2.05) is 18.2 Å². The van der Waals surface area contributed by atoms with E-state index in [0.717, 1.165) is 11.1 Å². The van der Waals surface area contributed by atoms with Crippen LogP contribution in [0.15, 0.2) is 71.6 Å². The zero-order valence-electron chi connectivity index (χ0n) is 14.2. The van der Waals surface area contributed by atoms with Gasteiger partial charge in [0, 0.05) is 23.1 Å². The van der Waals surface area contributed by atoms with Crippen LogP contribution in [0.25, 0.3) is 11.1 Å². The van der Waals surface area contributed by atoms with Crippen LogP contribution >= 0.6 is 0 Å². The highest BCUT2D eigenvalue weighted by Crippen LogP contribution is 2.38. The molecule has 6 heteroatoms. The predicted octanol–water partition coefficient (Wildman–Crippen LogP) is 2.97. The molecule has 0 bridgehead atoms. The number of benzene rings is 3. The Morgan fingerprint density at radius 1 is 0.852 bits per heavy atom. The standard InChI is InChI=1S/C21H15NO4S/c22-27(25,26)14-6-3-5-13(11-14)12-19(23)18-10-4-9-16-15-7-1-2-8-17(15)21(24)20(16)18/h1-11H,12H2,(H2,22,25,26). The number of hydrogen-bond donors (Lipinski definition) is 1. The minimum Gasteiger partial charge on any atom is -0.294 e. The van der Waals surface area contributed by atoms with E-state index in [4.69, 9.17) is 5.14 Å². The third-order valence-corrected chi connectivity index (χ3v) is 5.56. The normalized spacial score (nSPS) is 12.6. The van der Waals surface area contributed by atoms with Crippen LogP contribution < -0.4 is 5.14 Å². The summed E-state index contributed by atoms with van der Waals surface area (Å²) in [7, 11) is -3.85. The molecule has 3 aromatic rings. The second-order valence-corrected chi connectivity index (χ2v) is 7.96. The topological polar surface area (TPSA) is 94.3 Å². The first-order valence-electron chi connectivity index (χ1n) is 8.28. The van der Waals surface area contributed by atoms with E-state index in [1.165, 1.54) is 12.1 Å². The predicted molar refractivity (Wildman–Crippen MR) is 101 cm³/mol. The second kappa shape index (κ2) is 6.26. The number of primary sulfonamides is 1. The van der Waals surface area contributed by atoms with Crippen LogP contribution in [-0.4, -0.2) is 20.0 Å². The van der Waals surface area contributed by atoms with Crippen molar-refractivity contribution in [3.05, 3.63) is 89.0 Å². The summed E-state index contributed by atoms with van der Waals surface area (Å²) in [5, 5.41) is 5.15. The van der Waals surface area contributed by atoms with Gasteiger partial charge in [-0.2, -0.15) is 0 Å². The Morgan fingerprint density at radius 2 is 1.52 bits per heavy atom. The first kappa shape index (κ1) is 17.3. The van der Waals surface area contributed by atoms with Crippen molar-refractivity contribution in [3.63, 3.8) is 0 Å². The molecule has 0 radical (unpaired) electrons. The smallest absolute Gasteiger partial charge is 0.238 e. The lowest BCUT2D eigenvalue weighted by atomic mass is 9.95. The molecule has 0 spiro atoms. The number of Topliss-reactive ketones (excluding diaryl/α,β-unsaturated/α-hetero) is 1. The van der Waals surface area contributed by atoms with E-state index in [9.17, 15) is 18.0 Å². The maximum absolute atomic E-state index is 12.9. The van der Waals surface area contributed by atoms with Crippen LogP contribution in [0.3, 0.4) is 0 Å². The van der Waals surface area contributed by atoms with Gasteiger partial charge in [0.05, 0.1) is 4.90 Å². The van der Waals surface area contributed by atoms with Gasteiger partial charge < -0.3 is 0 Å². The van der Waals surface area contributed by atoms with Gasteiger partial charge in [-0.15, -0.1) is 0 Å². The number of carbonyl (C=O) groups excluding carboxylic acids is 2. The molecule has 0 saturated carbocycles. The fourth-order valence-corrected chi connectivity index (χ4v) is 4.00. The van der Waals surface area contributed by atoms with Crippen molar-refractivity contribution in [1.29, 1.82) is 0 Å². The number of hydrogen-bond acceptors (Lipinski definition) is 4. The molecular weight excluding hydrogens is 362 g/mol. The van der Waals surface area contributed by atoms with Crippen molar-refractivity contribution in [2.24, 2.45) is 5.14 Å². The number of ketones is 2. The van der Waals surface area contributed by atoms with Crippen LogP contribution in [0, 0.1) is 0 Å². The van der Waals surface area contributed by atoms with Crippen molar-refractivity contribution in [1.82, 2.24) is 0 Å². The Labute approximate surface area is 156 Å². The summed E-state index contributed by atoms with van der Waals surface area (Å²) in [5.74, 6) is -0.414. The molecule has 0 amide bonds. The summed E-state index contributed by atoms with van der Waals surface area (Å²) in [6, 6.07) is 18.4. The lowest BCUT2D eigenvalue weighted by Gasteiger charge is -2.08. The molecule has 0 atom stereocenters. The Bertz CT molecular complexity index is 1210. The molecule has 2 N–H and O–H groups in total. The summed E-state index contributed by atoms with van der Waals surface area (Å²) >= 11 is 0. The first-order valence-corrected chi connectivity index (χ1v) is 9.83. The van der Waals surface area contributed by atoms with Crippen LogP contribution in [0.1, 0.15) is 31.8 Å². The molecule has 3 aromatic carbocycles. The maximum Gasteiger partial charge on any atom is 0.238 e. The van der Waals surface area contributed by atoms with Crippen molar-refractivity contribution in [2.45, 2.75) is 11.3 Å². The van der Waals surface area contributed by atoms with Crippen molar-refractivity contribution < 1.29 is 18.0 Å². The van der Waals surface area contributed by atoms with Gasteiger partial charge in [0.15, 0.2) is 11.6 Å². The van der Waals surface area contributed by atoms with Gasteiger partial charge in [-0.05, 0) is 28.8 Å². The van der Waals surface area contributed by atoms with E-state index in [1.54, 1.807) is 36.4 Å². The lowest BCUT2D eigenvalue weighted by molar-refractivity contribution is 0.0977.